The number of nitrogens with one attached hydrogen (secondary N) is 3. The number of aromatic nitrogens is 1. The van der Waals surface area contributed by atoms with Crippen LogP contribution in [0.2, 0.25) is 0 Å². The van der Waals surface area contributed by atoms with Gasteiger partial charge in [0.15, 0.2) is 5.11 Å². The molecule has 1 saturated heterocycles. The summed E-state index contributed by atoms with van der Waals surface area (Å²) >= 11 is 5.30. The van der Waals surface area contributed by atoms with Crippen LogP contribution in [0.4, 0.5) is 5.69 Å². The fourth-order valence-corrected chi connectivity index (χ4v) is 5.50. The molecule has 1 aliphatic rings. The SMILES string of the molecule is CCc1ccc(NC(=S)N/N=C/c2c[nH]c3ccc(S(=O)(=O)N4CCCCC4)cc23)cc1. The first-order chi connectivity index (χ1) is 15.5. The van der Waals surface area contributed by atoms with Crippen molar-refractivity contribution in [1.82, 2.24) is 14.7 Å². The number of thiocarbonyl (C=S) groups is 1. The Morgan fingerprint density at radius 3 is 2.62 bits per heavy atom. The molecule has 2 aromatic carbocycles. The molecule has 0 radical (unpaired) electrons. The Balaban J connectivity index is 1.46. The second kappa shape index (κ2) is 9.81. The molecule has 3 aromatic rings. The van der Waals surface area contributed by atoms with Gasteiger partial charge in [-0.25, -0.2) is 8.42 Å². The maximum Gasteiger partial charge on any atom is 0.243 e. The Hall–Kier alpha value is -2.75. The fourth-order valence-electron chi connectivity index (χ4n) is 3.79. The first kappa shape index (κ1) is 22.4. The Morgan fingerprint density at radius 1 is 1.16 bits per heavy atom. The summed E-state index contributed by atoms with van der Waals surface area (Å²) in [5.74, 6) is 0. The van der Waals surface area contributed by atoms with Crippen molar-refractivity contribution in [3.63, 3.8) is 0 Å². The highest BCUT2D eigenvalue weighted by Gasteiger charge is 2.26. The molecule has 1 aliphatic heterocycles. The van der Waals surface area contributed by atoms with Crippen LogP contribution in [0.15, 0.2) is 58.7 Å². The number of sulfonamides is 1. The van der Waals surface area contributed by atoms with Gasteiger partial charge in [-0.15, -0.1) is 0 Å². The lowest BCUT2D eigenvalue weighted by molar-refractivity contribution is 0.346. The van der Waals surface area contributed by atoms with E-state index in [-0.39, 0.29) is 0 Å². The average Bonchev–Trinajstić information content (AvgIpc) is 3.22. The molecule has 9 heteroatoms. The van der Waals surface area contributed by atoms with Gasteiger partial charge in [0.2, 0.25) is 10.0 Å². The number of hydrogen-bond donors (Lipinski definition) is 3. The summed E-state index contributed by atoms with van der Waals surface area (Å²) in [6, 6.07) is 13.2. The monoisotopic (exact) mass is 469 g/mol. The second-order valence-electron chi connectivity index (χ2n) is 7.79. The molecule has 0 amide bonds. The van der Waals surface area contributed by atoms with Gasteiger partial charge in [0, 0.05) is 41.4 Å². The van der Waals surface area contributed by atoms with Crippen LogP contribution < -0.4 is 10.7 Å². The predicted molar refractivity (Wildman–Crippen MR) is 134 cm³/mol. The lowest BCUT2D eigenvalue weighted by Gasteiger charge is -2.25. The van der Waals surface area contributed by atoms with Crippen LogP contribution in [-0.2, 0) is 16.4 Å². The van der Waals surface area contributed by atoms with E-state index in [1.54, 1.807) is 34.9 Å². The van der Waals surface area contributed by atoms with E-state index < -0.39 is 10.0 Å². The average molecular weight is 470 g/mol. The molecule has 0 spiro atoms. The molecule has 0 unspecified atom stereocenters. The zero-order valence-electron chi connectivity index (χ0n) is 18.0. The van der Waals surface area contributed by atoms with Crippen LogP contribution in [0.5, 0.6) is 0 Å². The number of hydrogen-bond acceptors (Lipinski definition) is 4. The highest BCUT2D eigenvalue weighted by Crippen LogP contribution is 2.25. The summed E-state index contributed by atoms with van der Waals surface area (Å²) in [6.07, 6.45) is 7.31. The summed E-state index contributed by atoms with van der Waals surface area (Å²) in [6.45, 7) is 3.27. The van der Waals surface area contributed by atoms with Crippen molar-refractivity contribution in [1.29, 1.82) is 0 Å². The molecular formula is C23H27N5O2S2. The molecule has 0 saturated carbocycles. The van der Waals surface area contributed by atoms with Gasteiger partial charge in [-0.2, -0.15) is 9.41 Å². The third kappa shape index (κ3) is 5.01. The third-order valence-corrected chi connectivity index (χ3v) is 7.72. The minimum absolute atomic E-state index is 0.307. The maximum absolute atomic E-state index is 13.0. The van der Waals surface area contributed by atoms with Gasteiger partial charge < -0.3 is 10.3 Å². The van der Waals surface area contributed by atoms with Crippen LogP contribution in [0.1, 0.15) is 37.3 Å². The van der Waals surface area contributed by atoms with E-state index in [2.05, 4.69) is 39.9 Å². The summed E-state index contributed by atoms with van der Waals surface area (Å²) in [5, 5.41) is 8.47. The molecule has 32 heavy (non-hydrogen) atoms. The predicted octanol–water partition coefficient (Wildman–Crippen LogP) is 4.23. The van der Waals surface area contributed by atoms with E-state index in [0.717, 1.165) is 47.8 Å². The molecular weight excluding hydrogens is 442 g/mol. The zero-order chi connectivity index (χ0) is 22.6. The number of anilines is 1. The van der Waals surface area contributed by atoms with E-state index in [1.165, 1.54) is 5.56 Å². The van der Waals surface area contributed by atoms with Crippen LogP contribution in [0.25, 0.3) is 10.9 Å². The van der Waals surface area contributed by atoms with Crippen LogP contribution in [0.3, 0.4) is 0 Å². The van der Waals surface area contributed by atoms with Gasteiger partial charge >= 0.3 is 0 Å². The van der Waals surface area contributed by atoms with E-state index in [1.807, 2.05) is 12.1 Å². The number of H-pyrrole nitrogens is 1. The smallest absolute Gasteiger partial charge is 0.243 e. The van der Waals surface area contributed by atoms with Gasteiger partial charge in [-0.1, -0.05) is 25.5 Å². The molecule has 3 N–H and O–H groups in total. The number of hydrazone groups is 1. The van der Waals surface area contributed by atoms with Gasteiger partial charge in [-0.3, -0.25) is 5.43 Å². The molecule has 1 aromatic heterocycles. The molecule has 2 heterocycles. The summed E-state index contributed by atoms with van der Waals surface area (Å²) in [7, 11) is -3.49. The number of fused-ring (bicyclic) bond motifs is 1. The van der Waals surface area contributed by atoms with Crippen LogP contribution >= 0.6 is 12.2 Å². The number of aromatic amines is 1. The zero-order valence-corrected chi connectivity index (χ0v) is 19.6. The molecule has 168 valence electrons. The lowest BCUT2D eigenvalue weighted by Crippen LogP contribution is -2.35. The van der Waals surface area contributed by atoms with Crippen molar-refractivity contribution in [2.75, 3.05) is 18.4 Å². The number of nitrogens with zero attached hydrogens (tertiary/aromatic N) is 2. The molecule has 4 rings (SSSR count). The molecule has 7 nitrogen and oxygen atoms in total. The molecule has 0 bridgehead atoms. The summed E-state index contributed by atoms with van der Waals surface area (Å²) in [5.41, 5.74) is 6.57. The number of rotatable bonds is 6. The number of benzene rings is 2. The minimum Gasteiger partial charge on any atom is -0.361 e. The third-order valence-electron chi connectivity index (χ3n) is 5.63. The Labute approximate surface area is 194 Å². The second-order valence-corrected chi connectivity index (χ2v) is 10.1. The van der Waals surface area contributed by atoms with E-state index in [9.17, 15) is 8.42 Å². The Morgan fingerprint density at radius 2 is 1.91 bits per heavy atom. The topological polar surface area (TPSA) is 89.6 Å². The summed E-state index contributed by atoms with van der Waals surface area (Å²) in [4.78, 5) is 3.47. The maximum atomic E-state index is 13.0. The highest BCUT2D eigenvalue weighted by atomic mass is 32.2. The standard InChI is InChI=1S/C23H27N5O2S2/c1-2-17-6-8-19(9-7-17)26-23(31)27-25-16-18-15-24-22-11-10-20(14-21(18)22)32(29,30)28-12-4-3-5-13-28/h6-11,14-16,24H,2-5,12-13H2,1H3,(H2,26,27,31)/b25-16+. The van der Waals surface area contributed by atoms with Crippen molar-refractivity contribution in [2.45, 2.75) is 37.5 Å². The normalized spacial score (nSPS) is 15.3. The van der Waals surface area contributed by atoms with Gasteiger partial charge in [0.1, 0.15) is 0 Å². The van der Waals surface area contributed by atoms with Gasteiger partial charge in [0.05, 0.1) is 11.1 Å². The van der Waals surface area contributed by atoms with Crippen LogP contribution in [-0.4, -0.2) is 42.1 Å². The lowest BCUT2D eigenvalue weighted by atomic mass is 10.1. The van der Waals surface area contributed by atoms with E-state index in [4.69, 9.17) is 12.2 Å². The van der Waals surface area contributed by atoms with Crippen molar-refractivity contribution < 1.29 is 8.42 Å². The van der Waals surface area contributed by atoms with Crippen molar-refractivity contribution >= 4 is 50.2 Å². The number of piperidine rings is 1. The van der Waals surface area contributed by atoms with E-state index in [0.29, 0.717) is 23.1 Å². The molecule has 1 fully saturated rings. The fraction of sp³-hybridized carbons (Fsp3) is 0.304. The Kier molecular flexibility index (Phi) is 6.88. The first-order valence-electron chi connectivity index (χ1n) is 10.8. The largest absolute Gasteiger partial charge is 0.361 e. The highest BCUT2D eigenvalue weighted by molar-refractivity contribution is 7.89. The van der Waals surface area contributed by atoms with Gasteiger partial charge in [0.25, 0.3) is 0 Å². The quantitative estimate of drug-likeness (QED) is 0.286. The van der Waals surface area contributed by atoms with Gasteiger partial charge in [-0.05, 0) is 67.4 Å². The summed E-state index contributed by atoms with van der Waals surface area (Å²) < 4.78 is 27.6. The first-order valence-corrected chi connectivity index (χ1v) is 12.6. The Bertz CT molecular complexity index is 1230. The van der Waals surface area contributed by atoms with Crippen molar-refractivity contribution in [3.05, 3.63) is 59.8 Å². The minimum atomic E-state index is -3.49. The van der Waals surface area contributed by atoms with Crippen molar-refractivity contribution in [3.8, 4) is 0 Å². The van der Waals surface area contributed by atoms with Crippen LogP contribution in [0, 0.1) is 0 Å². The molecule has 0 aliphatic carbocycles. The number of aryl methyl sites for hydroxylation is 1. The molecule has 0 atom stereocenters. The van der Waals surface area contributed by atoms with E-state index >= 15 is 0 Å². The van der Waals surface area contributed by atoms with Crippen molar-refractivity contribution in [2.24, 2.45) is 5.10 Å².